The summed E-state index contributed by atoms with van der Waals surface area (Å²) in [5.41, 5.74) is 2.62. The molecule has 0 N–H and O–H groups in total. The summed E-state index contributed by atoms with van der Waals surface area (Å²) in [6.07, 6.45) is 0. The molecule has 0 atom stereocenters. The molecule has 0 fully saturated rings. The van der Waals surface area contributed by atoms with E-state index in [1.807, 2.05) is 72.8 Å². The van der Waals surface area contributed by atoms with E-state index < -0.39 is 17.1 Å². The fraction of sp³-hybridized carbons (Fsp3) is 0.0625. The van der Waals surface area contributed by atoms with Crippen LogP contribution in [0.2, 0.25) is 0 Å². The van der Waals surface area contributed by atoms with Crippen LogP contribution >= 0.6 is 0 Å². The summed E-state index contributed by atoms with van der Waals surface area (Å²) in [5.74, 6) is 20.8. The van der Waals surface area contributed by atoms with E-state index in [1.54, 1.807) is 94.1 Å². The van der Waals surface area contributed by atoms with Gasteiger partial charge in [-0.2, -0.15) is 0 Å². The molecule has 1 aromatic heterocycles. The highest BCUT2D eigenvalue weighted by Gasteiger charge is 2.19. The molecule has 0 aliphatic heterocycles. The van der Waals surface area contributed by atoms with Gasteiger partial charge in [0.1, 0.15) is 17.2 Å². The van der Waals surface area contributed by atoms with E-state index in [4.69, 9.17) is 14.2 Å². The summed E-state index contributed by atoms with van der Waals surface area (Å²) >= 11 is 0. The highest BCUT2D eigenvalue weighted by atomic mass is 16.5. The molecule has 0 unspecified atom stereocenters. The topological polar surface area (TPSA) is 93.7 Å². The highest BCUT2D eigenvalue weighted by Crippen LogP contribution is 2.15. The predicted octanol–water partition coefficient (Wildman–Crippen LogP) is 6.36. The van der Waals surface area contributed by atoms with Gasteiger partial charge < -0.3 is 14.2 Å². The smallest absolute Gasteiger partial charge is 0.345 e. The highest BCUT2D eigenvalue weighted by molar-refractivity contribution is 5.50. The summed E-state index contributed by atoms with van der Waals surface area (Å²) < 4.78 is 18.6. The molecule has 0 amide bonds. The van der Waals surface area contributed by atoms with Crippen LogP contribution in [0.25, 0.3) is 17.1 Å². The quantitative estimate of drug-likeness (QED) is 0.184. The van der Waals surface area contributed by atoms with Crippen LogP contribution in [0.4, 0.5) is 0 Å². The first-order valence-electron chi connectivity index (χ1n) is 17.6. The lowest BCUT2D eigenvalue weighted by Gasteiger charge is -2.14. The van der Waals surface area contributed by atoms with Crippen molar-refractivity contribution in [2.24, 2.45) is 0 Å². The van der Waals surface area contributed by atoms with Gasteiger partial charge in [-0.25, -0.2) is 28.1 Å². The van der Waals surface area contributed by atoms with Crippen LogP contribution in [0.15, 0.2) is 160 Å². The van der Waals surface area contributed by atoms with E-state index in [0.717, 1.165) is 47.6 Å². The maximum absolute atomic E-state index is 14.2. The van der Waals surface area contributed by atoms with Crippen molar-refractivity contribution in [1.82, 2.24) is 13.7 Å². The maximum Gasteiger partial charge on any atom is 0.345 e. The molecular formula is C48H33N3O6. The molecule has 0 saturated carbocycles. The Morgan fingerprint density at radius 1 is 0.298 bits per heavy atom. The van der Waals surface area contributed by atoms with Crippen molar-refractivity contribution in [2.75, 3.05) is 21.3 Å². The van der Waals surface area contributed by atoms with E-state index in [-0.39, 0.29) is 17.1 Å². The van der Waals surface area contributed by atoms with Crippen molar-refractivity contribution in [3.05, 3.63) is 210 Å². The molecule has 9 nitrogen and oxygen atoms in total. The summed E-state index contributed by atoms with van der Waals surface area (Å²) in [7, 11) is 4.80. The second kappa shape index (κ2) is 16.9. The zero-order valence-corrected chi connectivity index (χ0v) is 31.1. The van der Waals surface area contributed by atoms with Gasteiger partial charge in [-0.05, 0) is 146 Å². The Bertz CT molecular complexity index is 2570. The van der Waals surface area contributed by atoms with E-state index in [1.165, 1.54) is 0 Å². The first-order valence-corrected chi connectivity index (χ1v) is 17.6. The number of ether oxygens (including phenoxy) is 3. The molecule has 0 spiro atoms. The molecule has 57 heavy (non-hydrogen) atoms. The van der Waals surface area contributed by atoms with Crippen LogP contribution in [0, 0.1) is 35.5 Å². The van der Waals surface area contributed by atoms with Crippen LogP contribution in [0.5, 0.6) is 17.2 Å². The van der Waals surface area contributed by atoms with Crippen molar-refractivity contribution >= 4 is 0 Å². The van der Waals surface area contributed by atoms with Crippen molar-refractivity contribution in [3.8, 4) is 69.8 Å². The average molecular weight is 748 g/mol. The third-order valence-corrected chi connectivity index (χ3v) is 8.85. The lowest BCUT2D eigenvalue weighted by molar-refractivity contribution is 0.414. The normalized spacial score (nSPS) is 10.2. The zero-order valence-electron chi connectivity index (χ0n) is 31.1. The number of nitrogens with zero attached hydrogens (tertiary/aromatic N) is 3. The lowest BCUT2D eigenvalue weighted by Crippen LogP contribution is -2.52. The third kappa shape index (κ3) is 8.47. The largest absolute Gasteiger partial charge is 0.497 e. The standard InChI is InChI=1S/C48H33N3O6/c1-55-43-28-16-37(17-29-43)7-4-34-10-22-40(23-11-34)49-46(52)50(41-24-12-35(13-25-41)5-8-38-18-30-44(56-2)31-19-38)48(54)51(47(49)53)42-26-14-36(15-27-42)6-9-39-20-32-45(57-3)33-21-39/h10-33H,1-3H3. The monoisotopic (exact) mass is 747 g/mol. The van der Waals surface area contributed by atoms with Crippen molar-refractivity contribution < 1.29 is 14.2 Å². The van der Waals surface area contributed by atoms with E-state index in [2.05, 4.69) is 35.5 Å². The minimum Gasteiger partial charge on any atom is -0.497 e. The fourth-order valence-electron chi connectivity index (χ4n) is 5.75. The summed E-state index contributed by atoms with van der Waals surface area (Å²) in [5, 5.41) is 0. The van der Waals surface area contributed by atoms with Crippen LogP contribution in [-0.2, 0) is 0 Å². The van der Waals surface area contributed by atoms with Gasteiger partial charge in [0.15, 0.2) is 0 Å². The molecule has 6 aromatic carbocycles. The molecule has 0 aliphatic rings. The molecule has 7 aromatic rings. The first kappa shape index (κ1) is 37.1. The predicted molar refractivity (Wildman–Crippen MR) is 220 cm³/mol. The Kier molecular flexibility index (Phi) is 11.0. The van der Waals surface area contributed by atoms with Crippen LogP contribution in [0.3, 0.4) is 0 Å². The number of hydrogen-bond donors (Lipinski definition) is 0. The zero-order chi connectivity index (χ0) is 39.7. The van der Waals surface area contributed by atoms with Crippen molar-refractivity contribution in [1.29, 1.82) is 0 Å². The van der Waals surface area contributed by atoms with Crippen LogP contribution in [-0.4, -0.2) is 35.0 Å². The summed E-state index contributed by atoms with van der Waals surface area (Å²) in [6.45, 7) is 0. The molecule has 9 heteroatoms. The maximum atomic E-state index is 14.2. The van der Waals surface area contributed by atoms with Gasteiger partial charge in [0.2, 0.25) is 0 Å². The molecule has 7 rings (SSSR count). The average Bonchev–Trinajstić information content (AvgIpc) is 3.26. The molecule has 276 valence electrons. The Morgan fingerprint density at radius 2 is 0.474 bits per heavy atom. The lowest BCUT2D eigenvalue weighted by atomic mass is 10.1. The van der Waals surface area contributed by atoms with Crippen LogP contribution < -0.4 is 31.3 Å². The van der Waals surface area contributed by atoms with Gasteiger partial charge in [-0.3, -0.25) is 0 Å². The molecular weight excluding hydrogens is 715 g/mol. The van der Waals surface area contributed by atoms with Gasteiger partial charge in [0.05, 0.1) is 38.4 Å². The van der Waals surface area contributed by atoms with Gasteiger partial charge >= 0.3 is 17.1 Å². The second-order valence-corrected chi connectivity index (χ2v) is 12.4. The van der Waals surface area contributed by atoms with Gasteiger partial charge in [-0.15, -0.1) is 0 Å². The number of methoxy groups -OCH3 is 3. The first-order chi connectivity index (χ1) is 27.8. The minimum atomic E-state index is -0.836. The van der Waals surface area contributed by atoms with Gasteiger partial charge in [0.25, 0.3) is 0 Å². The third-order valence-electron chi connectivity index (χ3n) is 8.85. The molecule has 1 heterocycles. The van der Waals surface area contributed by atoms with Gasteiger partial charge in [-0.1, -0.05) is 35.5 Å². The Balaban J connectivity index is 1.28. The van der Waals surface area contributed by atoms with E-state index in [9.17, 15) is 14.4 Å². The minimum absolute atomic E-state index is 0.256. The second-order valence-electron chi connectivity index (χ2n) is 12.4. The Hall–Kier alpha value is -8.19. The van der Waals surface area contributed by atoms with E-state index in [0.29, 0.717) is 16.7 Å². The summed E-state index contributed by atoms with van der Waals surface area (Å²) in [6, 6.07) is 42.1. The number of benzene rings is 6. The number of aromatic nitrogens is 3. The molecule has 0 radical (unpaired) electrons. The number of rotatable bonds is 6. The molecule has 0 aliphatic carbocycles. The van der Waals surface area contributed by atoms with Crippen LogP contribution in [0.1, 0.15) is 33.4 Å². The Labute approximate surface area is 328 Å². The Morgan fingerprint density at radius 3 is 0.649 bits per heavy atom. The van der Waals surface area contributed by atoms with Gasteiger partial charge in [0, 0.05) is 33.4 Å². The van der Waals surface area contributed by atoms with Crippen molar-refractivity contribution in [3.63, 3.8) is 0 Å². The fourth-order valence-corrected chi connectivity index (χ4v) is 5.75. The molecule has 0 bridgehead atoms. The SMILES string of the molecule is COc1ccc(C#Cc2ccc(-n3c(=O)n(-c4ccc(C#Cc5ccc(OC)cc5)cc4)c(=O)n(-c4ccc(C#Cc5ccc(OC)cc5)cc4)c3=O)cc2)cc1. The van der Waals surface area contributed by atoms with Crippen molar-refractivity contribution in [2.45, 2.75) is 0 Å². The van der Waals surface area contributed by atoms with E-state index >= 15 is 0 Å². The summed E-state index contributed by atoms with van der Waals surface area (Å²) in [4.78, 5) is 42.6. The molecule has 0 saturated heterocycles. The number of hydrogen-bond acceptors (Lipinski definition) is 6.